The van der Waals surface area contributed by atoms with Crippen LogP contribution in [0.3, 0.4) is 0 Å². The van der Waals surface area contributed by atoms with Crippen LogP contribution in [0.25, 0.3) is 0 Å². The minimum Gasteiger partial charge on any atom is -0.454 e. The highest BCUT2D eigenvalue weighted by Gasteiger charge is 2.14. The second kappa shape index (κ2) is 6.90. The van der Waals surface area contributed by atoms with Crippen molar-refractivity contribution in [1.29, 1.82) is 0 Å². The minimum atomic E-state index is 0.234. The normalized spacial score (nSPS) is 12.1. The number of ether oxygens (including phenoxy) is 2. The summed E-state index contributed by atoms with van der Waals surface area (Å²) in [7, 11) is 0. The lowest BCUT2D eigenvalue weighted by Crippen LogP contribution is -2.02. The van der Waals surface area contributed by atoms with Gasteiger partial charge in [0.25, 0.3) is 0 Å². The number of hydrogen-bond donors (Lipinski definition) is 2. The maximum atomic E-state index is 6.06. The van der Waals surface area contributed by atoms with Crippen molar-refractivity contribution in [3.8, 4) is 11.5 Å². The number of aryl methyl sites for hydroxylation is 1. The molecule has 0 aliphatic carbocycles. The first-order valence-corrected chi connectivity index (χ1v) is 8.57. The number of rotatable bonds is 4. The SMILES string of the molecule is Cc1cc(Nc2ccc(Cl)c(Cl)c2)nc(Nc2ccc3c(c2)OCO3)n1. The molecular formula is C18H14Cl2N4O2. The van der Waals surface area contributed by atoms with Gasteiger partial charge < -0.3 is 20.1 Å². The van der Waals surface area contributed by atoms with Gasteiger partial charge in [-0.1, -0.05) is 23.2 Å². The molecule has 2 N–H and O–H groups in total. The number of anilines is 4. The Hall–Kier alpha value is -2.70. The van der Waals surface area contributed by atoms with Gasteiger partial charge in [0.15, 0.2) is 11.5 Å². The molecule has 1 aromatic heterocycles. The summed E-state index contributed by atoms with van der Waals surface area (Å²) in [6.45, 7) is 2.13. The zero-order valence-corrected chi connectivity index (χ0v) is 15.2. The van der Waals surface area contributed by atoms with E-state index in [2.05, 4.69) is 20.6 Å². The van der Waals surface area contributed by atoms with Gasteiger partial charge in [0.2, 0.25) is 12.7 Å². The summed E-state index contributed by atoms with van der Waals surface area (Å²) in [5.74, 6) is 2.52. The van der Waals surface area contributed by atoms with Crippen LogP contribution in [0.5, 0.6) is 11.5 Å². The van der Waals surface area contributed by atoms with Gasteiger partial charge in [-0.2, -0.15) is 4.98 Å². The van der Waals surface area contributed by atoms with E-state index < -0.39 is 0 Å². The van der Waals surface area contributed by atoms with Gasteiger partial charge in [-0.3, -0.25) is 0 Å². The van der Waals surface area contributed by atoms with Gasteiger partial charge in [0, 0.05) is 29.2 Å². The lowest BCUT2D eigenvalue weighted by atomic mass is 10.3. The number of benzene rings is 2. The highest BCUT2D eigenvalue weighted by Crippen LogP contribution is 2.35. The molecule has 132 valence electrons. The summed E-state index contributed by atoms with van der Waals surface area (Å²) in [5.41, 5.74) is 2.40. The summed E-state index contributed by atoms with van der Waals surface area (Å²) < 4.78 is 10.7. The van der Waals surface area contributed by atoms with Crippen LogP contribution < -0.4 is 20.1 Å². The first kappa shape index (κ1) is 16.8. The molecule has 0 bridgehead atoms. The number of nitrogens with zero attached hydrogens (tertiary/aromatic N) is 2. The van der Waals surface area contributed by atoms with Crippen molar-refractivity contribution in [2.45, 2.75) is 6.92 Å². The molecule has 26 heavy (non-hydrogen) atoms. The molecule has 1 aliphatic heterocycles. The summed E-state index contributed by atoms with van der Waals surface area (Å²) in [6, 6.07) is 12.7. The van der Waals surface area contributed by atoms with E-state index in [4.69, 9.17) is 32.7 Å². The van der Waals surface area contributed by atoms with Crippen LogP contribution in [0.15, 0.2) is 42.5 Å². The minimum absolute atomic E-state index is 0.234. The van der Waals surface area contributed by atoms with Crippen LogP contribution in [0.2, 0.25) is 10.0 Å². The van der Waals surface area contributed by atoms with Crippen molar-refractivity contribution in [2.24, 2.45) is 0 Å². The molecule has 0 saturated carbocycles. The Bertz CT molecular complexity index is 981. The maximum Gasteiger partial charge on any atom is 0.231 e. The van der Waals surface area contributed by atoms with E-state index in [1.54, 1.807) is 12.1 Å². The molecule has 2 aromatic carbocycles. The van der Waals surface area contributed by atoms with Crippen molar-refractivity contribution in [3.05, 3.63) is 58.2 Å². The predicted molar refractivity (Wildman–Crippen MR) is 102 cm³/mol. The molecule has 2 heterocycles. The Morgan fingerprint density at radius 3 is 2.46 bits per heavy atom. The van der Waals surface area contributed by atoms with Crippen molar-refractivity contribution in [3.63, 3.8) is 0 Å². The molecule has 0 atom stereocenters. The van der Waals surface area contributed by atoms with E-state index >= 15 is 0 Å². The van der Waals surface area contributed by atoms with Crippen LogP contribution >= 0.6 is 23.2 Å². The van der Waals surface area contributed by atoms with Gasteiger partial charge in [0.05, 0.1) is 10.0 Å². The van der Waals surface area contributed by atoms with Crippen LogP contribution in [-0.2, 0) is 0 Å². The fourth-order valence-electron chi connectivity index (χ4n) is 2.51. The summed E-state index contributed by atoms with van der Waals surface area (Å²) in [5, 5.41) is 7.35. The lowest BCUT2D eigenvalue weighted by molar-refractivity contribution is 0.174. The van der Waals surface area contributed by atoms with Crippen molar-refractivity contribution < 1.29 is 9.47 Å². The Labute approximate surface area is 160 Å². The Balaban J connectivity index is 1.56. The zero-order chi connectivity index (χ0) is 18.1. The van der Waals surface area contributed by atoms with E-state index in [0.717, 1.165) is 22.8 Å². The van der Waals surface area contributed by atoms with Crippen LogP contribution in [0, 0.1) is 6.92 Å². The highest BCUT2D eigenvalue weighted by atomic mass is 35.5. The number of nitrogens with one attached hydrogen (secondary N) is 2. The Kier molecular flexibility index (Phi) is 4.44. The summed E-state index contributed by atoms with van der Waals surface area (Å²) in [6.07, 6.45) is 0. The van der Waals surface area contributed by atoms with Gasteiger partial charge in [-0.15, -0.1) is 0 Å². The van der Waals surface area contributed by atoms with E-state index in [9.17, 15) is 0 Å². The molecule has 0 fully saturated rings. The monoisotopic (exact) mass is 388 g/mol. The first-order valence-electron chi connectivity index (χ1n) is 7.81. The van der Waals surface area contributed by atoms with E-state index in [-0.39, 0.29) is 6.79 Å². The molecule has 8 heteroatoms. The fraction of sp³-hybridized carbons (Fsp3) is 0.111. The third kappa shape index (κ3) is 3.61. The van der Waals surface area contributed by atoms with Gasteiger partial charge in [-0.25, -0.2) is 4.98 Å². The average Bonchev–Trinajstić information content (AvgIpc) is 3.05. The second-order valence-corrected chi connectivity index (χ2v) is 6.48. The van der Waals surface area contributed by atoms with E-state index in [1.807, 2.05) is 37.3 Å². The molecule has 0 unspecified atom stereocenters. The number of hydrogen-bond acceptors (Lipinski definition) is 6. The lowest BCUT2D eigenvalue weighted by Gasteiger charge is -2.11. The zero-order valence-electron chi connectivity index (χ0n) is 13.7. The molecule has 0 amide bonds. The van der Waals surface area contributed by atoms with Crippen LogP contribution in [0.4, 0.5) is 23.1 Å². The number of fused-ring (bicyclic) bond motifs is 1. The first-order chi connectivity index (χ1) is 12.6. The molecular weight excluding hydrogens is 375 g/mol. The van der Waals surface area contributed by atoms with Gasteiger partial charge in [-0.05, 0) is 37.3 Å². The largest absolute Gasteiger partial charge is 0.454 e. The van der Waals surface area contributed by atoms with Crippen molar-refractivity contribution in [1.82, 2.24) is 9.97 Å². The topological polar surface area (TPSA) is 68.3 Å². The highest BCUT2D eigenvalue weighted by molar-refractivity contribution is 6.42. The summed E-state index contributed by atoms with van der Waals surface area (Å²) in [4.78, 5) is 8.90. The Morgan fingerprint density at radius 2 is 1.62 bits per heavy atom. The number of aromatic nitrogens is 2. The van der Waals surface area contributed by atoms with Crippen molar-refractivity contribution in [2.75, 3.05) is 17.4 Å². The molecule has 0 saturated heterocycles. The molecule has 1 aliphatic rings. The standard InChI is InChI=1S/C18H14Cl2N4O2/c1-10-6-17(22-11-2-4-13(19)14(20)7-11)24-18(21-10)23-12-3-5-15-16(8-12)26-9-25-15/h2-8H,9H2,1H3,(H2,21,22,23,24). The van der Waals surface area contributed by atoms with Crippen LogP contribution in [0.1, 0.15) is 5.69 Å². The predicted octanol–water partition coefficient (Wildman–Crippen LogP) is 5.31. The van der Waals surface area contributed by atoms with Crippen LogP contribution in [-0.4, -0.2) is 16.8 Å². The molecule has 0 radical (unpaired) electrons. The Morgan fingerprint density at radius 1 is 0.846 bits per heavy atom. The molecule has 4 rings (SSSR count). The quantitative estimate of drug-likeness (QED) is 0.631. The second-order valence-electron chi connectivity index (χ2n) is 5.67. The summed E-state index contributed by atoms with van der Waals surface area (Å²) >= 11 is 12.0. The molecule has 0 spiro atoms. The van der Waals surface area contributed by atoms with Gasteiger partial charge >= 0.3 is 0 Å². The number of halogens is 2. The fourth-order valence-corrected chi connectivity index (χ4v) is 2.81. The van der Waals surface area contributed by atoms with Crippen molar-refractivity contribution >= 4 is 46.3 Å². The molecule has 3 aromatic rings. The third-order valence-electron chi connectivity index (χ3n) is 3.67. The molecule has 6 nitrogen and oxygen atoms in total. The average molecular weight is 389 g/mol. The van der Waals surface area contributed by atoms with Gasteiger partial charge in [0.1, 0.15) is 5.82 Å². The van der Waals surface area contributed by atoms with E-state index in [0.29, 0.717) is 27.6 Å². The van der Waals surface area contributed by atoms with E-state index in [1.165, 1.54) is 0 Å². The maximum absolute atomic E-state index is 6.06. The third-order valence-corrected chi connectivity index (χ3v) is 4.41. The smallest absolute Gasteiger partial charge is 0.231 e.